The Hall–Kier alpha value is -4.11. The quantitative estimate of drug-likeness (QED) is 0.471. The highest BCUT2D eigenvalue weighted by atomic mass is 19.1. The van der Waals surface area contributed by atoms with Crippen molar-refractivity contribution in [2.24, 2.45) is 0 Å². The fraction of sp³-hybridized carbons (Fsp3) is 0.167. The summed E-state index contributed by atoms with van der Waals surface area (Å²) in [4.78, 5) is 25.5. The van der Waals surface area contributed by atoms with Crippen LogP contribution >= 0.6 is 0 Å². The second-order valence-corrected chi connectivity index (χ2v) is 7.50. The van der Waals surface area contributed by atoms with E-state index in [1.165, 1.54) is 12.1 Å². The van der Waals surface area contributed by atoms with E-state index in [1.54, 1.807) is 30.7 Å². The van der Waals surface area contributed by atoms with Gasteiger partial charge in [0.25, 0.3) is 0 Å². The molecule has 166 valence electrons. The fourth-order valence-electron chi connectivity index (χ4n) is 3.50. The molecule has 1 fully saturated rings. The van der Waals surface area contributed by atoms with Crippen molar-refractivity contribution >= 4 is 12.0 Å². The Bertz CT molecular complexity index is 1260. The van der Waals surface area contributed by atoms with Gasteiger partial charge in [-0.25, -0.2) is 24.1 Å². The molecule has 1 N–H and O–H groups in total. The molecule has 33 heavy (non-hydrogen) atoms. The molecule has 0 atom stereocenters. The van der Waals surface area contributed by atoms with Gasteiger partial charge in [-0.3, -0.25) is 5.32 Å². The highest BCUT2D eigenvalue weighted by Crippen LogP contribution is 2.34. The lowest BCUT2D eigenvalue weighted by atomic mass is 10.1. The number of hydrogen-bond acceptors (Lipinski definition) is 6. The number of hydrogen-bond donors (Lipinski definition) is 1. The minimum absolute atomic E-state index is 0.105. The Morgan fingerprint density at radius 3 is 2.61 bits per heavy atom. The lowest BCUT2D eigenvalue weighted by Gasteiger charge is -2.28. The maximum absolute atomic E-state index is 13.5. The lowest BCUT2D eigenvalue weighted by molar-refractivity contribution is -0.0226. The predicted octanol–water partition coefficient (Wildman–Crippen LogP) is 4.47. The molecule has 9 heteroatoms. The van der Waals surface area contributed by atoms with Crippen molar-refractivity contribution in [1.29, 1.82) is 0 Å². The molecule has 0 unspecified atom stereocenters. The van der Waals surface area contributed by atoms with Crippen LogP contribution in [0.5, 0.6) is 0 Å². The molecule has 1 aliphatic heterocycles. The van der Waals surface area contributed by atoms with Crippen LogP contribution in [-0.4, -0.2) is 38.8 Å². The van der Waals surface area contributed by atoms with Gasteiger partial charge in [0.15, 0.2) is 0 Å². The second kappa shape index (κ2) is 9.17. The maximum Gasteiger partial charge on any atom is 0.414 e. The van der Waals surface area contributed by atoms with Crippen LogP contribution in [0.3, 0.4) is 0 Å². The van der Waals surface area contributed by atoms with Crippen LogP contribution < -0.4 is 5.32 Å². The van der Waals surface area contributed by atoms with Gasteiger partial charge in [-0.1, -0.05) is 30.3 Å². The number of carbonyl (C=O) groups is 1. The van der Waals surface area contributed by atoms with E-state index in [9.17, 15) is 9.18 Å². The number of nitrogens with zero attached hydrogens (tertiary/aromatic N) is 4. The molecule has 2 aromatic carbocycles. The number of anilines is 1. The number of imidazole rings is 1. The third kappa shape index (κ3) is 4.58. The smallest absolute Gasteiger partial charge is 0.414 e. The monoisotopic (exact) mass is 445 g/mol. The molecular formula is C24H20FN5O3. The van der Waals surface area contributed by atoms with E-state index in [0.29, 0.717) is 24.6 Å². The first-order valence-corrected chi connectivity index (χ1v) is 10.4. The van der Waals surface area contributed by atoms with Crippen molar-refractivity contribution in [3.05, 3.63) is 84.6 Å². The van der Waals surface area contributed by atoms with Gasteiger partial charge in [0.2, 0.25) is 5.95 Å². The van der Waals surface area contributed by atoms with Crippen molar-refractivity contribution in [3.8, 4) is 22.6 Å². The van der Waals surface area contributed by atoms with Crippen LogP contribution in [0, 0.1) is 5.82 Å². The molecule has 0 saturated carbocycles. The van der Waals surface area contributed by atoms with Crippen LogP contribution in [0.25, 0.3) is 22.6 Å². The molecular weight excluding hydrogens is 425 g/mol. The average Bonchev–Trinajstić information content (AvgIpc) is 3.22. The zero-order chi connectivity index (χ0) is 22.6. The molecule has 4 aromatic rings. The predicted molar refractivity (Wildman–Crippen MR) is 119 cm³/mol. The molecule has 0 spiro atoms. The third-order valence-corrected chi connectivity index (χ3v) is 5.25. The van der Waals surface area contributed by atoms with E-state index in [-0.39, 0.29) is 24.4 Å². The minimum atomic E-state index is -0.657. The van der Waals surface area contributed by atoms with Crippen molar-refractivity contribution in [1.82, 2.24) is 19.5 Å². The van der Waals surface area contributed by atoms with Crippen molar-refractivity contribution in [2.45, 2.75) is 12.6 Å². The first-order chi connectivity index (χ1) is 16.2. The van der Waals surface area contributed by atoms with Gasteiger partial charge in [-0.2, -0.15) is 0 Å². The maximum atomic E-state index is 13.5. The van der Waals surface area contributed by atoms with Crippen LogP contribution in [-0.2, 0) is 16.1 Å². The summed E-state index contributed by atoms with van der Waals surface area (Å²) in [5.41, 5.74) is 3.57. The molecule has 0 aliphatic carbocycles. The Kier molecular flexibility index (Phi) is 5.77. The van der Waals surface area contributed by atoms with E-state index in [4.69, 9.17) is 9.47 Å². The Morgan fingerprint density at radius 2 is 1.88 bits per heavy atom. The van der Waals surface area contributed by atoms with Crippen molar-refractivity contribution in [3.63, 3.8) is 0 Å². The van der Waals surface area contributed by atoms with Crippen LogP contribution in [0.4, 0.5) is 15.1 Å². The molecule has 8 nitrogen and oxygen atoms in total. The first kappa shape index (κ1) is 20.8. The van der Waals surface area contributed by atoms with Crippen molar-refractivity contribution < 1.29 is 18.7 Å². The summed E-state index contributed by atoms with van der Waals surface area (Å²) in [6, 6.07) is 17.3. The number of aromatic nitrogens is 4. The first-order valence-electron chi connectivity index (χ1n) is 10.4. The zero-order valence-corrected chi connectivity index (χ0v) is 17.5. The number of rotatable bonds is 6. The summed E-state index contributed by atoms with van der Waals surface area (Å²) in [6.45, 7) is 1.26. The number of amides is 1. The lowest BCUT2D eigenvalue weighted by Crippen LogP contribution is -2.30. The molecule has 1 aliphatic rings. The van der Waals surface area contributed by atoms with E-state index < -0.39 is 6.09 Å². The molecule has 2 aromatic heterocycles. The SMILES string of the molecule is O=C(Nc1nccc(-c2c(-c3ccc(F)cc3)ncn2C2COC2)n1)OCc1ccccc1. The minimum Gasteiger partial charge on any atom is -0.444 e. The zero-order valence-electron chi connectivity index (χ0n) is 17.5. The number of halogens is 1. The Balaban J connectivity index is 1.41. The number of nitrogens with one attached hydrogen (secondary N) is 1. The average molecular weight is 445 g/mol. The summed E-state index contributed by atoms with van der Waals surface area (Å²) >= 11 is 0. The molecule has 5 rings (SSSR count). The number of carbonyl (C=O) groups excluding carboxylic acids is 1. The standard InChI is InChI=1S/C24H20FN5O3/c25-18-8-6-17(7-9-18)21-22(30(15-27-21)19-13-32-14-19)20-10-11-26-23(28-20)29-24(31)33-12-16-4-2-1-3-5-16/h1-11,15,19H,12-14H2,(H,26,28,29,31). The van der Waals surface area contributed by atoms with Crippen LogP contribution in [0.15, 0.2) is 73.2 Å². The summed E-state index contributed by atoms with van der Waals surface area (Å²) in [5.74, 6) is -0.220. The van der Waals surface area contributed by atoms with E-state index >= 15 is 0 Å². The van der Waals surface area contributed by atoms with E-state index in [2.05, 4.69) is 20.3 Å². The molecule has 1 amide bonds. The number of ether oxygens (including phenoxy) is 2. The van der Waals surface area contributed by atoms with Gasteiger partial charge in [-0.15, -0.1) is 0 Å². The van der Waals surface area contributed by atoms with Gasteiger partial charge in [0, 0.05) is 11.8 Å². The highest BCUT2D eigenvalue weighted by molar-refractivity contribution is 5.83. The summed E-state index contributed by atoms with van der Waals surface area (Å²) in [7, 11) is 0. The van der Waals surface area contributed by atoms with Gasteiger partial charge in [0.1, 0.15) is 12.4 Å². The van der Waals surface area contributed by atoms with Gasteiger partial charge < -0.3 is 14.0 Å². The van der Waals surface area contributed by atoms with Crippen molar-refractivity contribution in [2.75, 3.05) is 18.5 Å². The summed E-state index contributed by atoms with van der Waals surface area (Å²) < 4.78 is 26.0. The number of benzene rings is 2. The molecule has 1 saturated heterocycles. The van der Waals surface area contributed by atoms with Gasteiger partial charge in [0.05, 0.1) is 42.7 Å². The van der Waals surface area contributed by atoms with E-state index in [1.807, 2.05) is 34.9 Å². The second-order valence-electron chi connectivity index (χ2n) is 7.50. The topological polar surface area (TPSA) is 91.2 Å². The van der Waals surface area contributed by atoms with Gasteiger partial charge in [-0.05, 0) is 35.9 Å². The van der Waals surface area contributed by atoms with Gasteiger partial charge >= 0.3 is 6.09 Å². The molecule has 3 heterocycles. The molecule has 0 bridgehead atoms. The summed E-state index contributed by atoms with van der Waals surface area (Å²) in [5, 5.41) is 2.57. The highest BCUT2D eigenvalue weighted by Gasteiger charge is 2.27. The normalized spacial score (nSPS) is 13.4. The molecule has 0 radical (unpaired) electrons. The van der Waals surface area contributed by atoms with Crippen LogP contribution in [0.1, 0.15) is 11.6 Å². The van der Waals surface area contributed by atoms with E-state index in [0.717, 1.165) is 16.8 Å². The Morgan fingerprint density at radius 1 is 1.09 bits per heavy atom. The summed E-state index contributed by atoms with van der Waals surface area (Å²) in [6.07, 6.45) is 2.62. The third-order valence-electron chi connectivity index (χ3n) is 5.25. The Labute approximate surface area is 189 Å². The van der Waals surface area contributed by atoms with Crippen LogP contribution in [0.2, 0.25) is 0 Å². The largest absolute Gasteiger partial charge is 0.444 e. The fourth-order valence-corrected chi connectivity index (χ4v) is 3.50.